The van der Waals surface area contributed by atoms with Crippen LogP contribution in [0.1, 0.15) is 97.3 Å². The van der Waals surface area contributed by atoms with Gasteiger partial charge in [0, 0.05) is 0 Å². The third kappa shape index (κ3) is 18.9. The standard InChI is InChI=1S/C17H36P2/c1-3-5-7-9-10-11-13-15-17-19-18-16-14-12-8-6-4-2/h3-17H2,1-2H3. The molecule has 0 rings (SSSR count). The third-order valence-electron chi connectivity index (χ3n) is 3.57. The van der Waals surface area contributed by atoms with Gasteiger partial charge in [0.05, 0.1) is 0 Å². The highest BCUT2D eigenvalue weighted by atomic mass is 32.0. The number of hydrogen-bond donors (Lipinski definition) is 0. The van der Waals surface area contributed by atoms with Gasteiger partial charge in [-0.3, -0.25) is 0 Å². The van der Waals surface area contributed by atoms with Crippen LogP contribution in [-0.4, -0.2) is 12.3 Å². The maximum atomic E-state index is 2.29. The lowest BCUT2D eigenvalue weighted by molar-refractivity contribution is 0.586. The van der Waals surface area contributed by atoms with E-state index in [1.807, 2.05) is 0 Å². The highest BCUT2D eigenvalue weighted by Crippen LogP contribution is 2.38. The Kier molecular flexibility index (Phi) is 19.7. The van der Waals surface area contributed by atoms with Crippen molar-refractivity contribution in [2.45, 2.75) is 97.3 Å². The molecule has 0 heterocycles. The lowest BCUT2D eigenvalue weighted by Crippen LogP contribution is -1.82. The van der Waals surface area contributed by atoms with Crippen LogP contribution < -0.4 is 0 Å². The van der Waals surface area contributed by atoms with E-state index in [1.165, 1.54) is 95.8 Å². The SMILES string of the molecule is CCCCCCCCCC[P][P]CCCCCCC. The van der Waals surface area contributed by atoms with Crippen LogP contribution in [0.15, 0.2) is 0 Å². The summed E-state index contributed by atoms with van der Waals surface area (Å²) in [6.45, 7) is 4.59. The fourth-order valence-electron chi connectivity index (χ4n) is 2.24. The molecule has 0 amide bonds. The molecule has 0 aliphatic rings. The predicted octanol–water partition coefficient (Wildman–Crippen LogP) is 7.90. The first-order chi connectivity index (χ1) is 9.41. The fraction of sp³-hybridized carbons (Fsp3) is 1.00. The molecule has 0 N–H and O–H groups in total. The molecule has 0 aromatic rings. The molecule has 114 valence electrons. The Morgan fingerprint density at radius 1 is 0.421 bits per heavy atom. The summed E-state index contributed by atoms with van der Waals surface area (Å²) in [5.74, 6) is 0. The monoisotopic (exact) mass is 302 g/mol. The minimum absolute atomic E-state index is 1.37. The molecule has 19 heavy (non-hydrogen) atoms. The van der Waals surface area contributed by atoms with Crippen LogP contribution in [0, 0.1) is 0 Å². The van der Waals surface area contributed by atoms with Crippen molar-refractivity contribution in [1.82, 2.24) is 0 Å². The highest BCUT2D eigenvalue weighted by molar-refractivity contribution is 8.11. The van der Waals surface area contributed by atoms with E-state index in [9.17, 15) is 0 Å². The largest absolute Gasteiger partial charge is 0.0654 e. The number of rotatable bonds is 16. The van der Waals surface area contributed by atoms with Gasteiger partial charge in [-0.2, -0.15) is 0 Å². The van der Waals surface area contributed by atoms with Crippen LogP contribution in [0.25, 0.3) is 0 Å². The van der Waals surface area contributed by atoms with Gasteiger partial charge in [0.2, 0.25) is 0 Å². The van der Waals surface area contributed by atoms with Gasteiger partial charge >= 0.3 is 0 Å². The van der Waals surface area contributed by atoms with Gasteiger partial charge in [0.1, 0.15) is 0 Å². The first-order valence-electron chi connectivity index (χ1n) is 8.75. The van der Waals surface area contributed by atoms with E-state index in [2.05, 4.69) is 13.8 Å². The Bertz CT molecular complexity index is 132. The summed E-state index contributed by atoms with van der Waals surface area (Å²) in [7, 11) is 3.39. The molecule has 0 bridgehead atoms. The van der Waals surface area contributed by atoms with E-state index in [-0.39, 0.29) is 0 Å². The van der Waals surface area contributed by atoms with E-state index in [1.54, 1.807) is 16.5 Å². The van der Waals surface area contributed by atoms with Gasteiger partial charge in [0.15, 0.2) is 0 Å². The summed E-state index contributed by atoms with van der Waals surface area (Å²) >= 11 is 0. The molecule has 2 heteroatoms. The quantitative estimate of drug-likeness (QED) is 0.201. The Balaban J connectivity index is 2.88. The van der Waals surface area contributed by atoms with Crippen molar-refractivity contribution in [3.05, 3.63) is 0 Å². The second-order valence-corrected chi connectivity index (χ2v) is 8.78. The summed E-state index contributed by atoms with van der Waals surface area (Å²) < 4.78 is 0. The molecule has 0 aromatic heterocycles. The Labute approximate surface area is 126 Å². The lowest BCUT2D eigenvalue weighted by atomic mass is 10.1. The van der Waals surface area contributed by atoms with Crippen molar-refractivity contribution in [2.24, 2.45) is 0 Å². The van der Waals surface area contributed by atoms with E-state index in [0.29, 0.717) is 0 Å². The lowest BCUT2D eigenvalue weighted by Gasteiger charge is -2.02. The highest BCUT2D eigenvalue weighted by Gasteiger charge is 1.94. The molecule has 0 aromatic carbocycles. The first-order valence-corrected chi connectivity index (χ1v) is 11.6. The zero-order chi connectivity index (χ0) is 14.0. The van der Waals surface area contributed by atoms with E-state index in [0.717, 1.165) is 0 Å². The van der Waals surface area contributed by atoms with E-state index < -0.39 is 0 Å². The molecule has 0 spiro atoms. The molecule has 0 fully saturated rings. The zero-order valence-corrected chi connectivity index (χ0v) is 15.3. The van der Waals surface area contributed by atoms with Crippen molar-refractivity contribution >= 4 is 16.5 Å². The second-order valence-electron chi connectivity index (χ2n) is 5.62. The van der Waals surface area contributed by atoms with Crippen molar-refractivity contribution in [1.29, 1.82) is 0 Å². The minimum atomic E-state index is 1.37. The first kappa shape index (κ1) is 19.9. The van der Waals surface area contributed by atoms with Gasteiger partial charge in [-0.1, -0.05) is 84.5 Å². The predicted molar refractivity (Wildman–Crippen MR) is 94.9 cm³/mol. The van der Waals surface area contributed by atoms with Crippen LogP contribution >= 0.6 is 16.5 Å². The fourth-order valence-corrected chi connectivity index (χ4v) is 4.95. The van der Waals surface area contributed by atoms with Gasteiger partial charge in [-0.25, -0.2) is 0 Å². The molecule has 0 nitrogen and oxygen atoms in total. The maximum Gasteiger partial charge on any atom is -0.0242 e. The second kappa shape index (κ2) is 18.9. The van der Waals surface area contributed by atoms with E-state index >= 15 is 0 Å². The molecular weight excluding hydrogens is 266 g/mol. The average Bonchev–Trinajstić information content (AvgIpc) is 2.43. The van der Waals surface area contributed by atoms with Crippen molar-refractivity contribution in [2.75, 3.05) is 12.3 Å². The average molecular weight is 302 g/mol. The van der Waals surface area contributed by atoms with Crippen molar-refractivity contribution in [3.63, 3.8) is 0 Å². The summed E-state index contributed by atoms with van der Waals surface area (Å²) in [6.07, 6.45) is 21.7. The zero-order valence-electron chi connectivity index (χ0n) is 13.5. The van der Waals surface area contributed by atoms with Crippen molar-refractivity contribution in [3.8, 4) is 0 Å². The molecule has 0 atom stereocenters. The van der Waals surface area contributed by atoms with Crippen LogP contribution in [0.3, 0.4) is 0 Å². The van der Waals surface area contributed by atoms with Gasteiger partial charge < -0.3 is 0 Å². The minimum Gasteiger partial charge on any atom is -0.0654 e. The summed E-state index contributed by atoms with van der Waals surface area (Å²) in [6, 6.07) is 0. The number of hydrogen-bond acceptors (Lipinski definition) is 0. The summed E-state index contributed by atoms with van der Waals surface area (Å²) in [5.41, 5.74) is 0. The van der Waals surface area contributed by atoms with Gasteiger partial charge in [-0.05, 0) is 41.7 Å². The molecule has 0 aliphatic carbocycles. The Hall–Kier alpha value is 0.860. The summed E-state index contributed by atoms with van der Waals surface area (Å²) in [5, 5.41) is 0. The molecular formula is C17H36P2. The molecule has 0 aliphatic heterocycles. The molecule has 0 saturated carbocycles. The Morgan fingerprint density at radius 3 is 1.11 bits per heavy atom. The van der Waals surface area contributed by atoms with Crippen LogP contribution in [0.4, 0.5) is 0 Å². The van der Waals surface area contributed by atoms with E-state index in [4.69, 9.17) is 0 Å². The normalized spacial score (nSPS) is 12.3. The Morgan fingerprint density at radius 2 is 0.737 bits per heavy atom. The molecule has 0 unspecified atom stereocenters. The molecule has 0 saturated heterocycles. The van der Waals surface area contributed by atoms with Gasteiger partial charge in [-0.15, -0.1) is 0 Å². The molecule has 2 radical (unpaired) electrons. The maximum absolute atomic E-state index is 2.29. The van der Waals surface area contributed by atoms with Crippen LogP contribution in [-0.2, 0) is 0 Å². The third-order valence-corrected chi connectivity index (χ3v) is 6.61. The summed E-state index contributed by atoms with van der Waals surface area (Å²) in [4.78, 5) is 0. The van der Waals surface area contributed by atoms with Crippen LogP contribution in [0.5, 0.6) is 0 Å². The topological polar surface area (TPSA) is 0 Å². The smallest absolute Gasteiger partial charge is 0.0242 e. The van der Waals surface area contributed by atoms with Crippen LogP contribution in [0.2, 0.25) is 0 Å². The number of unbranched alkanes of at least 4 members (excludes halogenated alkanes) is 11. The van der Waals surface area contributed by atoms with Crippen molar-refractivity contribution < 1.29 is 0 Å². The van der Waals surface area contributed by atoms with Gasteiger partial charge in [0.25, 0.3) is 0 Å².